The van der Waals surface area contributed by atoms with Crippen molar-refractivity contribution >= 4 is 37.4 Å². The Bertz CT molecular complexity index is 720. The van der Waals surface area contributed by atoms with Crippen LogP contribution in [-0.4, -0.2) is 11.7 Å². The van der Waals surface area contributed by atoms with Crippen LogP contribution in [-0.2, 0) is 6.42 Å². The van der Waals surface area contributed by atoms with Gasteiger partial charge in [0, 0.05) is 15.1 Å². The highest BCUT2D eigenvalue weighted by atomic mass is 79.9. The molecule has 0 saturated heterocycles. The van der Waals surface area contributed by atoms with E-state index < -0.39 is 0 Å². The Morgan fingerprint density at radius 3 is 2.60 bits per heavy atom. The summed E-state index contributed by atoms with van der Waals surface area (Å²) in [5.41, 5.74) is 2.49. The zero-order chi connectivity index (χ0) is 13.9. The first-order valence-corrected chi connectivity index (χ1v) is 8.27. The molecule has 2 aromatic carbocycles. The minimum atomic E-state index is 0.128. The summed E-state index contributed by atoms with van der Waals surface area (Å²) in [6, 6.07) is 16.6. The zero-order valence-electron chi connectivity index (χ0n) is 10.9. The van der Waals surface area contributed by atoms with Gasteiger partial charge in [-0.05, 0) is 40.4 Å². The van der Waals surface area contributed by atoms with Crippen LogP contribution in [0.15, 0.2) is 58.4 Å². The number of benzene rings is 2. The highest BCUT2D eigenvalue weighted by molar-refractivity contribution is 9.10. The normalized spacial score (nSPS) is 12.7. The molecule has 1 aromatic heterocycles. The van der Waals surface area contributed by atoms with Gasteiger partial charge in [0.2, 0.25) is 0 Å². The molecular formula is C17H15BrOS. The summed E-state index contributed by atoms with van der Waals surface area (Å²) in [7, 11) is 0. The molecule has 102 valence electrons. The van der Waals surface area contributed by atoms with Crippen molar-refractivity contribution in [3.05, 3.63) is 69.5 Å². The summed E-state index contributed by atoms with van der Waals surface area (Å²) in [6.07, 6.45) is 0.864. The van der Waals surface area contributed by atoms with Gasteiger partial charge in [0.15, 0.2) is 0 Å². The zero-order valence-corrected chi connectivity index (χ0v) is 13.3. The van der Waals surface area contributed by atoms with Gasteiger partial charge < -0.3 is 5.11 Å². The van der Waals surface area contributed by atoms with Crippen molar-refractivity contribution in [1.82, 2.24) is 0 Å². The predicted octanol–water partition coefficient (Wildman–Crippen LogP) is 4.98. The Labute approximate surface area is 131 Å². The summed E-state index contributed by atoms with van der Waals surface area (Å²) < 4.78 is 2.38. The van der Waals surface area contributed by atoms with E-state index >= 15 is 0 Å². The lowest BCUT2D eigenvalue weighted by atomic mass is 9.92. The average Bonchev–Trinajstić information content (AvgIpc) is 2.89. The van der Waals surface area contributed by atoms with Crippen molar-refractivity contribution in [1.29, 1.82) is 0 Å². The fourth-order valence-corrected chi connectivity index (χ4v) is 4.12. The van der Waals surface area contributed by atoms with Gasteiger partial charge in [-0.2, -0.15) is 0 Å². The van der Waals surface area contributed by atoms with E-state index in [0.29, 0.717) is 0 Å². The second-order valence-electron chi connectivity index (χ2n) is 4.86. The van der Waals surface area contributed by atoms with Gasteiger partial charge in [-0.1, -0.05) is 52.3 Å². The van der Waals surface area contributed by atoms with Crippen molar-refractivity contribution in [2.75, 3.05) is 6.61 Å². The van der Waals surface area contributed by atoms with Crippen LogP contribution in [0.2, 0.25) is 0 Å². The van der Waals surface area contributed by atoms with E-state index in [9.17, 15) is 5.11 Å². The molecule has 1 atom stereocenters. The van der Waals surface area contributed by atoms with E-state index in [0.717, 1.165) is 10.9 Å². The van der Waals surface area contributed by atoms with E-state index in [4.69, 9.17) is 0 Å². The van der Waals surface area contributed by atoms with Crippen LogP contribution in [0.5, 0.6) is 0 Å². The topological polar surface area (TPSA) is 20.2 Å². The van der Waals surface area contributed by atoms with Crippen LogP contribution in [0.3, 0.4) is 0 Å². The number of hydrogen-bond donors (Lipinski definition) is 1. The summed E-state index contributed by atoms with van der Waals surface area (Å²) in [5.74, 6) is 0.128. The fourth-order valence-electron chi connectivity index (χ4n) is 2.54. The molecule has 0 aliphatic rings. The molecule has 1 N–H and O–H groups in total. The quantitative estimate of drug-likeness (QED) is 0.706. The Balaban J connectivity index is 1.94. The third-order valence-electron chi connectivity index (χ3n) is 3.59. The van der Waals surface area contributed by atoms with Gasteiger partial charge >= 0.3 is 0 Å². The largest absolute Gasteiger partial charge is 0.396 e. The van der Waals surface area contributed by atoms with Crippen LogP contribution < -0.4 is 0 Å². The molecule has 1 heterocycles. The lowest BCUT2D eigenvalue weighted by Gasteiger charge is -2.16. The van der Waals surface area contributed by atoms with Gasteiger partial charge in [0.05, 0.1) is 6.61 Å². The van der Waals surface area contributed by atoms with Crippen LogP contribution in [0.25, 0.3) is 10.1 Å². The highest BCUT2D eigenvalue weighted by Gasteiger charge is 2.16. The van der Waals surface area contributed by atoms with Crippen molar-refractivity contribution in [3.8, 4) is 0 Å². The van der Waals surface area contributed by atoms with Crippen molar-refractivity contribution < 1.29 is 5.11 Å². The van der Waals surface area contributed by atoms with Crippen LogP contribution >= 0.6 is 27.3 Å². The molecule has 20 heavy (non-hydrogen) atoms. The molecule has 0 radical (unpaired) electrons. The Morgan fingerprint density at radius 2 is 1.80 bits per heavy atom. The molecule has 0 saturated carbocycles. The second kappa shape index (κ2) is 6.08. The molecule has 0 amide bonds. The lowest BCUT2D eigenvalue weighted by molar-refractivity contribution is 0.264. The number of rotatable bonds is 4. The van der Waals surface area contributed by atoms with Crippen molar-refractivity contribution in [2.24, 2.45) is 0 Å². The molecule has 3 rings (SSSR count). The smallest absolute Gasteiger partial charge is 0.0503 e. The average molecular weight is 347 g/mol. The maximum atomic E-state index is 9.76. The molecule has 1 unspecified atom stereocenters. The number of aliphatic hydroxyl groups excluding tert-OH is 1. The Hall–Kier alpha value is -1.16. The van der Waals surface area contributed by atoms with Gasteiger partial charge in [-0.15, -0.1) is 11.3 Å². The van der Waals surface area contributed by atoms with Gasteiger partial charge in [-0.25, -0.2) is 0 Å². The molecule has 0 aliphatic heterocycles. The second-order valence-corrected chi connectivity index (χ2v) is 6.63. The van der Waals surface area contributed by atoms with Gasteiger partial charge in [0.1, 0.15) is 0 Å². The Kier molecular flexibility index (Phi) is 4.20. The molecule has 1 nitrogen and oxygen atoms in total. The standard InChI is InChI=1S/C17H15BrOS/c18-16-7-3-1-5-14(16)12(10-19)9-13-11-20-17-8-4-2-6-15(13)17/h1-8,11-12,19H,9-10H2. The molecule has 3 aromatic rings. The first-order valence-electron chi connectivity index (χ1n) is 6.60. The molecule has 0 aliphatic carbocycles. The molecule has 3 heteroatoms. The van der Waals surface area contributed by atoms with Crippen LogP contribution in [0.1, 0.15) is 17.0 Å². The summed E-state index contributed by atoms with van der Waals surface area (Å²) in [4.78, 5) is 0. The third kappa shape index (κ3) is 2.66. The minimum Gasteiger partial charge on any atom is -0.396 e. The van der Waals surface area contributed by atoms with E-state index in [2.05, 4.69) is 51.6 Å². The van der Waals surface area contributed by atoms with E-state index in [1.165, 1.54) is 21.2 Å². The molecule has 0 bridgehead atoms. The summed E-state index contributed by atoms with van der Waals surface area (Å²) in [5, 5.41) is 13.3. The van der Waals surface area contributed by atoms with Crippen LogP contribution in [0, 0.1) is 0 Å². The summed E-state index contributed by atoms with van der Waals surface area (Å²) >= 11 is 5.36. The van der Waals surface area contributed by atoms with Crippen molar-refractivity contribution in [2.45, 2.75) is 12.3 Å². The van der Waals surface area contributed by atoms with E-state index in [1.807, 2.05) is 18.2 Å². The number of thiophene rings is 1. The number of halogens is 1. The molecule has 0 spiro atoms. The van der Waals surface area contributed by atoms with Gasteiger partial charge in [-0.3, -0.25) is 0 Å². The third-order valence-corrected chi connectivity index (χ3v) is 5.33. The van der Waals surface area contributed by atoms with E-state index in [1.54, 1.807) is 11.3 Å². The fraction of sp³-hybridized carbons (Fsp3) is 0.176. The number of hydrogen-bond acceptors (Lipinski definition) is 2. The lowest BCUT2D eigenvalue weighted by Crippen LogP contribution is -2.08. The van der Waals surface area contributed by atoms with Crippen molar-refractivity contribution in [3.63, 3.8) is 0 Å². The number of fused-ring (bicyclic) bond motifs is 1. The summed E-state index contributed by atoms with van der Waals surface area (Å²) in [6.45, 7) is 0.160. The maximum Gasteiger partial charge on any atom is 0.0503 e. The van der Waals surface area contributed by atoms with Crippen LogP contribution in [0.4, 0.5) is 0 Å². The maximum absolute atomic E-state index is 9.76. The highest BCUT2D eigenvalue weighted by Crippen LogP contribution is 2.32. The van der Waals surface area contributed by atoms with E-state index in [-0.39, 0.29) is 12.5 Å². The predicted molar refractivity (Wildman–Crippen MR) is 89.5 cm³/mol. The minimum absolute atomic E-state index is 0.128. The first-order chi connectivity index (χ1) is 9.79. The molecule has 0 fully saturated rings. The molecular weight excluding hydrogens is 332 g/mol. The number of aliphatic hydroxyl groups is 1. The monoisotopic (exact) mass is 346 g/mol. The first kappa shape index (κ1) is 13.8. The SMILES string of the molecule is OCC(Cc1csc2ccccc12)c1ccccc1Br. The van der Waals surface area contributed by atoms with Gasteiger partial charge in [0.25, 0.3) is 0 Å². The Morgan fingerprint density at radius 1 is 1.05 bits per heavy atom.